The molecular formula is C21H34N2O4. The van der Waals surface area contributed by atoms with Crippen molar-refractivity contribution in [3.05, 3.63) is 0 Å². The molecule has 6 heteroatoms. The van der Waals surface area contributed by atoms with Gasteiger partial charge in [0.15, 0.2) is 6.10 Å². The molecule has 2 N–H and O–H groups in total. The molecule has 2 atom stereocenters. The van der Waals surface area contributed by atoms with Crippen LogP contribution in [0.5, 0.6) is 0 Å². The summed E-state index contributed by atoms with van der Waals surface area (Å²) in [4.78, 5) is 37.7. The Labute approximate surface area is 162 Å². The molecular weight excluding hydrogens is 344 g/mol. The normalized spacial score (nSPS) is 33.4. The van der Waals surface area contributed by atoms with Gasteiger partial charge in [0.25, 0.3) is 5.91 Å². The molecule has 0 unspecified atom stereocenters. The van der Waals surface area contributed by atoms with E-state index in [0.29, 0.717) is 24.3 Å². The van der Waals surface area contributed by atoms with Gasteiger partial charge in [0.05, 0.1) is 0 Å². The van der Waals surface area contributed by atoms with Crippen LogP contribution < -0.4 is 10.6 Å². The predicted molar refractivity (Wildman–Crippen MR) is 102 cm³/mol. The molecule has 27 heavy (non-hydrogen) atoms. The molecule has 0 aliphatic heterocycles. The second kappa shape index (κ2) is 7.80. The van der Waals surface area contributed by atoms with Crippen molar-refractivity contribution in [1.82, 2.24) is 10.6 Å². The average molecular weight is 379 g/mol. The molecule has 4 aliphatic carbocycles. The highest BCUT2D eigenvalue weighted by Gasteiger charge is 2.55. The molecule has 4 fully saturated rings. The van der Waals surface area contributed by atoms with E-state index in [0.717, 1.165) is 19.3 Å². The lowest BCUT2D eigenvalue weighted by Crippen LogP contribution is -2.57. The van der Waals surface area contributed by atoms with Gasteiger partial charge in [-0.05, 0) is 76.0 Å². The van der Waals surface area contributed by atoms with Gasteiger partial charge in [-0.1, -0.05) is 13.8 Å². The van der Waals surface area contributed by atoms with E-state index in [1.54, 1.807) is 6.92 Å². The standard InChI is InChI=1S/C21H34N2O4/c1-5-22-18(24)13(4)27-19(25)17(12(2)3)23-20(26)21-9-14-6-15(10-21)8-16(7-14)11-21/h12-17H,5-11H2,1-4H3,(H,22,24)(H,23,26)/t13-,14?,15?,16?,17-,21?/m1/s1. The molecule has 0 radical (unpaired) electrons. The molecule has 2 amide bonds. The summed E-state index contributed by atoms with van der Waals surface area (Å²) in [5.74, 6) is 1.08. The first-order valence-electron chi connectivity index (χ1n) is 10.5. The molecule has 0 aromatic carbocycles. The third-order valence-electron chi connectivity index (χ3n) is 6.74. The molecule has 0 aromatic heterocycles. The number of carbonyl (C=O) groups is 3. The molecule has 0 saturated heterocycles. The number of ether oxygens (including phenoxy) is 1. The second-order valence-electron chi connectivity index (χ2n) is 9.37. The Morgan fingerprint density at radius 1 is 1.00 bits per heavy atom. The second-order valence-corrected chi connectivity index (χ2v) is 9.37. The number of hydrogen-bond acceptors (Lipinski definition) is 4. The summed E-state index contributed by atoms with van der Waals surface area (Å²) in [6.07, 6.45) is 5.82. The molecule has 0 heterocycles. The Hall–Kier alpha value is -1.59. The zero-order valence-corrected chi connectivity index (χ0v) is 17.0. The predicted octanol–water partition coefficient (Wildman–Crippen LogP) is 2.41. The van der Waals surface area contributed by atoms with Crippen molar-refractivity contribution in [2.75, 3.05) is 6.54 Å². The van der Waals surface area contributed by atoms with Crippen molar-refractivity contribution >= 4 is 17.8 Å². The lowest BCUT2D eigenvalue weighted by Gasteiger charge is -2.55. The summed E-state index contributed by atoms with van der Waals surface area (Å²) >= 11 is 0. The first-order valence-corrected chi connectivity index (χ1v) is 10.5. The molecule has 0 aromatic rings. The van der Waals surface area contributed by atoms with Crippen molar-refractivity contribution in [1.29, 1.82) is 0 Å². The van der Waals surface area contributed by atoms with Gasteiger partial charge in [0.1, 0.15) is 6.04 Å². The zero-order chi connectivity index (χ0) is 19.8. The van der Waals surface area contributed by atoms with Crippen LogP contribution in [0.4, 0.5) is 0 Å². The van der Waals surface area contributed by atoms with Crippen LogP contribution in [0.3, 0.4) is 0 Å². The van der Waals surface area contributed by atoms with Crippen LogP contribution >= 0.6 is 0 Å². The highest BCUT2D eigenvalue weighted by molar-refractivity contribution is 5.90. The number of nitrogens with one attached hydrogen (secondary N) is 2. The number of esters is 1. The van der Waals surface area contributed by atoms with Crippen LogP contribution in [0.25, 0.3) is 0 Å². The smallest absolute Gasteiger partial charge is 0.329 e. The lowest BCUT2D eigenvalue weighted by molar-refractivity contribution is -0.161. The summed E-state index contributed by atoms with van der Waals surface area (Å²) in [7, 11) is 0. The van der Waals surface area contributed by atoms with Crippen molar-refractivity contribution in [3.63, 3.8) is 0 Å². The Balaban J connectivity index is 1.65. The van der Waals surface area contributed by atoms with Gasteiger partial charge in [-0.2, -0.15) is 0 Å². The Morgan fingerprint density at radius 2 is 1.52 bits per heavy atom. The molecule has 0 spiro atoms. The average Bonchev–Trinajstić information content (AvgIpc) is 2.57. The van der Waals surface area contributed by atoms with Crippen LogP contribution in [0, 0.1) is 29.1 Å². The van der Waals surface area contributed by atoms with E-state index < -0.39 is 18.1 Å². The zero-order valence-electron chi connectivity index (χ0n) is 17.0. The van der Waals surface area contributed by atoms with E-state index in [2.05, 4.69) is 10.6 Å². The number of amides is 2. The van der Waals surface area contributed by atoms with Crippen LogP contribution in [0.2, 0.25) is 0 Å². The Morgan fingerprint density at radius 3 is 1.96 bits per heavy atom. The summed E-state index contributed by atoms with van der Waals surface area (Å²) in [5.41, 5.74) is -0.298. The van der Waals surface area contributed by atoms with Crippen molar-refractivity contribution in [3.8, 4) is 0 Å². The maximum Gasteiger partial charge on any atom is 0.329 e. The number of carbonyl (C=O) groups excluding carboxylic acids is 3. The monoisotopic (exact) mass is 378 g/mol. The van der Waals surface area contributed by atoms with E-state index in [4.69, 9.17) is 4.74 Å². The van der Waals surface area contributed by atoms with Gasteiger partial charge in [-0.15, -0.1) is 0 Å². The Bertz CT molecular complexity index is 566. The number of hydrogen-bond donors (Lipinski definition) is 2. The van der Waals surface area contributed by atoms with Crippen molar-refractivity contribution < 1.29 is 19.1 Å². The van der Waals surface area contributed by atoms with E-state index in [-0.39, 0.29) is 23.1 Å². The first kappa shape index (κ1) is 20.2. The molecule has 6 nitrogen and oxygen atoms in total. The molecule has 4 bridgehead atoms. The highest BCUT2D eigenvalue weighted by atomic mass is 16.5. The minimum atomic E-state index is -0.866. The molecule has 4 saturated carbocycles. The molecule has 4 aliphatic rings. The fourth-order valence-corrected chi connectivity index (χ4v) is 5.80. The highest BCUT2D eigenvalue weighted by Crippen LogP contribution is 2.60. The largest absolute Gasteiger partial charge is 0.451 e. The number of rotatable bonds is 7. The molecule has 4 rings (SSSR count). The first-order chi connectivity index (χ1) is 12.7. The van der Waals surface area contributed by atoms with Crippen LogP contribution in [-0.2, 0) is 19.1 Å². The van der Waals surface area contributed by atoms with Crippen molar-refractivity contribution in [2.24, 2.45) is 29.1 Å². The van der Waals surface area contributed by atoms with E-state index in [9.17, 15) is 14.4 Å². The van der Waals surface area contributed by atoms with Crippen molar-refractivity contribution in [2.45, 2.75) is 78.4 Å². The minimum absolute atomic E-state index is 0.0166. The maximum absolute atomic E-state index is 13.2. The van der Waals surface area contributed by atoms with Gasteiger partial charge in [-0.25, -0.2) is 4.79 Å². The van der Waals surface area contributed by atoms with Gasteiger partial charge in [0, 0.05) is 12.0 Å². The van der Waals surface area contributed by atoms with Crippen LogP contribution in [0.15, 0.2) is 0 Å². The fourth-order valence-electron chi connectivity index (χ4n) is 5.80. The van der Waals surface area contributed by atoms with Gasteiger partial charge in [-0.3, -0.25) is 9.59 Å². The summed E-state index contributed by atoms with van der Waals surface area (Å²) < 4.78 is 5.34. The Kier molecular flexibility index (Phi) is 5.82. The van der Waals surface area contributed by atoms with Gasteiger partial charge >= 0.3 is 5.97 Å². The number of likely N-dealkylation sites (N-methyl/N-ethyl adjacent to an activating group) is 1. The van der Waals surface area contributed by atoms with E-state index in [1.165, 1.54) is 19.3 Å². The fraction of sp³-hybridized carbons (Fsp3) is 0.857. The maximum atomic E-state index is 13.2. The lowest BCUT2D eigenvalue weighted by atomic mass is 9.49. The van der Waals surface area contributed by atoms with E-state index >= 15 is 0 Å². The molecule has 152 valence electrons. The van der Waals surface area contributed by atoms with Gasteiger partial charge < -0.3 is 15.4 Å². The van der Waals surface area contributed by atoms with Crippen LogP contribution in [0.1, 0.15) is 66.2 Å². The van der Waals surface area contributed by atoms with Crippen LogP contribution in [-0.4, -0.2) is 36.5 Å². The summed E-state index contributed by atoms with van der Waals surface area (Å²) in [6.45, 7) is 7.64. The van der Waals surface area contributed by atoms with Gasteiger partial charge in [0.2, 0.25) is 5.91 Å². The quantitative estimate of drug-likeness (QED) is 0.666. The third kappa shape index (κ3) is 4.14. The topological polar surface area (TPSA) is 84.5 Å². The third-order valence-corrected chi connectivity index (χ3v) is 6.74. The summed E-state index contributed by atoms with van der Waals surface area (Å²) in [5, 5.41) is 5.65. The SMILES string of the molecule is CCNC(=O)[C@@H](C)OC(=O)[C@H](NC(=O)C12CC3CC(CC(C3)C1)C2)C(C)C. The minimum Gasteiger partial charge on any atom is -0.451 e. The summed E-state index contributed by atoms with van der Waals surface area (Å²) in [6, 6.07) is -0.720. The van der Waals surface area contributed by atoms with E-state index in [1.807, 2.05) is 20.8 Å².